The lowest BCUT2D eigenvalue weighted by atomic mass is 9.99. The number of aromatic nitrogens is 1. The molecule has 0 aliphatic heterocycles. The van der Waals surface area contributed by atoms with Crippen LogP contribution >= 0.6 is 11.3 Å². The molecule has 0 fully saturated rings. The Hall–Kier alpha value is -1.39. The topological polar surface area (TPSA) is 48.1 Å². The number of ether oxygens (including phenoxy) is 1. The van der Waals surface area contributed by atoms with Gasteiger partial charge in [0.1, 0.15) is 10.8 Å². The number of benzene rings is 1. The van der Waals surface area contributed by atoms with Crippen molar-refractivity contribution in [2.24, 2.45) is 5.73 Å². The first-order valence-electron chi connectivity index (χ1n) is 6.17. The van der Waals surface area contributed by atoms with Crippen LogP contribution in [0.4, 0.5) is 0 Å². The zero-order valence-electron chi connectivity index (χ0n) is 10.3. The highest BCUT2D eigenvalue weighted by Crippen LogP contribution is 2.36. The average molecular weight is 260 g/mol. The third-order valence-corrected chi connectivity index (χ3v) is 4.51. The standard InChI is InChI=1S/C14H16N2OS/c1-17-10-7-5-9(6-8-10)14-16-13-11(15)3-2-4-12(13)18-14/h5-8,11H,2-4,15H2,1H3. The molecule has 94 valence electrons. The van der Waals surface area contributed by atoms with Crippen molar-refractivity contribution in [2.45, 2.75) is 25.3 Å². The molecule has 2 aromatic rings. The Kier molecular flexibility index (Phi) is 3.06. The number of nitrogens with zero attached hydrogens (tertiary/aromatic N) is 1. The molecule has 3 rings (SSSR count). The molecule has 0 radical (unpaired) electrons. The van der Waals surface area contributed by atoms with Crippen molar-refractivity contribution < 1.29 is 4.74 Å². The normalized spacial score (nSPS) is 18.4. The summed E-state index contributed by atoms with van der Waals surface area (Å²) < 4.78 is 5.17. The maximum atomic E-state index is 6.11. The Morgan fingerprint density at radius 3 is 2.78 bits per heavy atom. The van der Waals surface area contributed by atoms with Gasteiger partial charge in [-0.3, -0.25) is 0 Å². The zero-order chi connectivity index (χ0) is 12.5. The van der Waals surface area contributed by atoms with Crippen molar-refractivity contribution in [2.75, 3.05) is 7.11 Å². The van der Waals surface area contributed by atoms with E-state index in [1.807, 2.05) is 12.1 Å². The molecule has 1 unspecified atom stereocenters. The minimum Gasteiger partial charge on any atom is -0.497 e. The molecule has 2 N–H and O–H groups in total. The van der Waals surface area contributed by atoms with Crippen LogP contribution in [0.3, 0.4) is 0 Å². The number of rotatable bonds is 2. The molecule has 1 aromatic carbocycles. The predicted octanol–water partition coefficient (Wildman–Crippen LogP) is 3.15. The SMILES string of the molecule is COc1ccc(-c2nc3c(s2)CCCC3N)cc1. The summed E-state index contributed by atoms with van der Waals surface area (Å²) in [6.07, 6.45) is 3.36. The molecule has 0 bridgehead atoms. The Morgan fingerprint density at radius 2 is 2.11 bits per heavy atom. The third kappa shape index (κ3) is 2.02. The number of hydrogen-bond acceptors (Lipinski definition) is 4. The maximum Gasteiger partial charge on any atom is 0.123 e. The van der Waals surface area contributed by atoms with Gasteiger partial charge in [-0.25, -0.2) is 4.98 Å². The largest absolute Gasteiger partial charge is 0.497 e. The highest BCUT2D eigenvalue weighted by atomic mass is 32.1. The first kappa shape index (κ1) is 11.7. The molecule has 1 aliphatic rings. The number of thiazole rings is 1. The summed E-state index contributed by atoms with van der Waals surface area (Å²) in [5.74, 6) is 0.872. The molecule has 1 heterocycles. The van der Waals surface area contributed by atoms with Gasteiger partial charge in [-0.05, 0) is 43.5 Å². The van der Waals surface area contributed by atoms with Gasteiger partial charge in [0, 0.05) is 16.5 Å². The summed E-state index contributed by atoms with van der Waals surface area (Å²) >= 11 is 1.77. The maximum absolute atomic E-state index is 6.11. The number of nitrogens with two attached hydrogens (primary N) is 1. The third-order valence-electron chi connectivity index (χ3n) is 3.33. The van der Waals surface area contributed by atoms with Crippen LogP contribution in [0.1, 0.15) is 29.5 Å². The van der Waals surface area contributed by atoms with Crippen molar-refractivity contribution in [3.63, 3.8) is 0 Å². The minimum absolute atomic E-state index is 0.122. The lowest BCUT2D eigenvalue weighted by molar-refractivity contribution is 0.415. The molecule has 0 amide bonds. The van der Waals surface area contributed by atoms with E-state index < -0.39 is 0 Å². The highest BCUT2D eigenvalue weighted by Gasteiger charge is 2.22. The van der Waals surface area contributed by atoms with Gasteiger partial charge in [0.15, 0.2) is 0 Å². The summed E-state index contributed by atoms with van der Waals surface area (Å²) in [4.78, 5) is 6.07. The second-order valence-corrected chi connectivity index (χ2v) is 5.64. The van der Waals surface area contributed by atoms with Crippen LogP contribution in [-0.2, 0) is 6.42 Å². The molecule has 4 heteroatoms. The molecule has 3 nitrogen and oxygen atoms in total. The Bertz CT molecular complexity index is 547. The van der Waals surface area contributed by atoms with Gasteiger partial charge in [-0.2, -0.15) is 0 Å². The van der Waals surface area contributed by atoms with Gasteiger partial charge in [-0.15, -0.1) is 11.3 Å². The van der Waals surface area contributed by atoms with Gasteiger partial charge >= 0.3 is 0 Å². The molecule has 0 saturated carbocycles. The fourth-order valence-corrected chi connectivity index (χ4v) is 3.49. The fraction of sp³-hybridized carbons (Fsp3) is 0.357. The smallest absolute Gasteiger partial charge is 0.123 e. The van der Waals surface area contributed by atoms with Gasteiger partial charge in [0.05, 0.1) is 12.8 Å². The second-order valence-electron chi connectivity index (χ2n) is 4.55. The molecule has 1 aliphatic carbocycles. The zero-order valence-corrected chi connectivity index (χ0v) is 11.2. The molecule has 1 atom stereocenters. The average Bonchev–Trinajstić information content (AvgIpc) is 2.84. The van der Waals surface area contributed by atoms with Crippen LogP contribution in [-0.4, -0.2) is 12.1 Å². The minimum atomic E-state index is 0.122. The second kappa shape index (κ2) is 4.71. The number of hydrogen-bond donors (Lipinski definition) is 1. The van der Waals surface area contributed by atoms with E-state index in [4.69, 9.17) is 15.5 Å². The van der Waals surface area contributed by atoms with E-state index in [-0.39, 0.29) is 6.04 Å². The van der Waals surface area contributed by atoms with Crippen molar-refractivity contribution in [1.29, 1.82) is 0 Å². The van der Waals surface area contributed by atoms with E-state index in [1.165, 1.54) is 11.3 Å². The Labute approximate surface area is 111 Å². The lowest BCUT2D eigenvalue weighted by Crippen LogP contribution is -2.16. The van der Waals surface area contributed by atoms with Gasteiger partial charge in [0.2, 0.25) is 0 Å². The fourth-order valence-electron chi connectivity index (χ4n) is 2.31. The molecular formula is C14H16N2OS. The predicted molar refractivity (Wildman–Crippen MR) is 74.0 cm³/mol. The van der Waals surface area contributed by atoms with E-state index in [2.05, 4.69) is 12.1 Å². The van der Waals surface area contributed by atoms with E-state index in [1.54, 1.807) is 18.4 Å². The van der Waals surface area contributed by atoms with Gasteiger partial charge in [0.25, 0.3) is 0 Å². The van der Waals surface area contributed by atoms with Crippen molar-refractivity contribution in [1.82, 2.24) is 4.98 Å². The van der Waals surface area contributed by atoms with E-state index in [0.717, 1.165) is 34.9 Å². The number of aryl methyl sites for hydroxylation is 1. The van der Waals surface area contributed by atoms with Crippen molar-refractivity contribution >= 4 is 11.3 Å². The van der Waals surface area contributed by atoms with Crippen LogP contribution in [0.15, 0.2) is 24.3 Å². The number of methoxy groups -OCH3 is 1. The first-order chi connectivity index (χ1) is 8.78. The first-order valence-corrected chi connectivity index (χ1v) is 6.99. The summed E-state index contributed by atoms with van der Waals surface area (Å²) in [5.41, 5.74) is 8.36. The van der Waals surface area contributed by atoms with Crippen LogP contribution in [0, 0.1) is 0 Å². The van der Waals surface area contributed by atoms with Gasteiger partial charge < -0.3 is 10.5 Å². The Balaban J connectivity index is 1.96. The van der Waals surface area contributed by atoms with Crippen molar-refractivity contribution in [3.05, 3.63) is 34.8 Å². The van der Waals surface area contributed by atoms with E-state index >= 15 is 0 Å². The quantitative estimate of drug-likeness (QED) is 0.902. The molecule has 18 heavy (non-hydrogen) atoms. The van der Waals surface area contributed by atoms with E-state index in [0.29, 0.717) is 0 Å². The van der Waals surface area contributed by atoms with Crippen LogP contribution in [0.2, 0.25) is 0 Å². The lowest BCUT2D eigenvalue weighted by Gasteiger charge is -2.15. The summed E-state index contributed by atoms with van der Waals surface area (Å²) in [5, 5.41) is 1.07. The molecular weight excluding hydrogens is 244 g/mol. The highest BCUT2D eigenvalue weighted by molar-refractivity contribution is 7.15. The summed E-state index contributed by atoms with van der Waals surface area (Å²) in [6.45, 7) is 0. The summed E-state index contributed by atoms with van der Waals surface area (Å²) in [7, 11) is 1.68. The van der Waals surface area contributed by atoms with Crippen LogP contribution in [0.25, 0.3) is 10.6 Å². The molecule has 1 aromatic heterocycles. The summed E-state index contributed by atoms with van der Waals surface area (Å²) in [6, 6.07) is 8.16. The van der Waals surface area contributed by atoms with Crippen molar-refractivity contribution in [3.8, 4) is 16.3 Å². The van der Waals surface area contributed by atoms with Crippen LogP contribution in [0.5, 0.6) is 5.75 Å². The number of fused-ring (bicyclic) bond motifs is 1. The Morgan fingerprint density at radius 1 is 1.33 bits per heavy atom. The van der Waals surface area contributed by atoms with Crippen LogP contribution < -0.4 is 10.5 Å². The molecule has 0 spiro atoms. The van der Waals surface area contributed by atoms with E-state index in [9.17, 15) is 0 Å². The monoisotopic (exact) mass is 260 g/mol. The van der Waals surface area contributed by atoms with Gasteiger partial charge in [-0.1, -0.05) is 0 Å². The molecule has 0 saturated heterocycles.